The van der Waals surface area contributed by atoms with E-state index in [9.17, 15) is 0 Å². The van der Waals surface area contributed by atoms with Crippen molar-refractivity contribution in [2.45, 2.75) is 19.4 Å². The van der Waals surface area contributed by atoms with Crippen molar-refractivity contribution >= 4 is 38.5 Å². The Labute approximate surface area is 95.0 Å². The Morgan fingerprint density at radius 2 is 2.25 bits per heavy atom. The zero-order valence-corrected chi connectivity index (χ0v) is 10.6. The first-order chi connectivity index (χ1) is 5.65. The van der Waals surface area contributed by atoms with Gasteiger partial charge in [0, 0.05) is 14.1 Å². The zero-order chi connectivity index (χ0) is 9.14. The molecule has 0 aliphatic heterocycles. The molecule has 1 rings (SSSR count). The Morgan fingerprint density at radius 3 is 2.75 bits per heavy atom. The molecule has 0 saturated carbocycles. The van der Waals surface area contributed by atoms with E-state index in [0.29, 0.717) is 0 Å². The minimum Gasteiger partial charge on any atom is -0.324 e. The molecule has 2 N–H and O–H groups in total. The molecule has 0 aliphatic carbocycles. The lowest BCUT2D eigenvalue weighted by molar-refractivity contribution is 0.698. The minimum atomic E-state index is 0.165. The van der Waals surface area contributed by atoms with E-state index in [0.717, 1.165) is 10.9 Å². The van der Waals surface area contributed by atoms with Gasteiger partial charge in [-0.05, 0) is 62.6 Å². The van der Waals surface area contributed by atoms with Gasteiger partial charge in [0.15, 0.2) is 0 Å². The summed E-state index contributed by atoms with van der Waals surface area (Å²) in [7, 11) is 0. The third-order valence-corrected chi connectivity index (χ3v) is 4.15. The van der Waals surface area contributed by atoms with Crippen molar-refractivity contribution in [2.24, 2.45) is 5.73 Å². The molecule has 0 radical (unpaired) electrons. The van der Waals surface area contributed by atoms with Crippen molar-refractivity contribution < 1.29 is 0 Å². The summed E-state index contributed by atoms with van der Waals surface area (Å²) in [6, 6.07) is 6.42. The smallest absolute Gasteiger partial charge is 0.0312 e. The lowest BCUT2D eigenvalue weighted by Gasteiger charge is -2.09. The van der Waals surface area contributed by atoms with Crippen LogP contribution in [0.3, 0.4) is 0 Å². The van der Waals surface area contributed by atoms with Gasteiger partial charge in [0.05, 0.1) is 0 Å². The van der Waals surface area contributed by atoms with Gasteiger partial charge in [0.25, 0.3) is 0 Å². The third-order valence-electron chi connectivity index (χ3n) is 1.81. The normalized spacial score (nSPS) is 13.0. The van der Waals surface area contributed by atoms with Crippen LogP contribution in [-0.2, 0) is 0 Å². The predicted octanol–water partition coefficient (Wildman–Crippen LogP) is 3.46. The molecule has 0 heterocycles. The molecule has 1 atom stereocenters. The Kier molecular flexibility index (Phi) is 3.99. The highest BCUT2D eigenvalue weighted by Crippen LogP contribution is 2.23. The molecule has 1 aromatic rings. The molecule has 0 aliphatic rings. The van der Waals surface area contributed by atoms with Crippen LogP contribution in [0.25, 0.3) is 0 Å². The Hall–Kier alpha value is 0.390. The highest BCUT2D eigenvalue weighted by Gasteiger charge is 2.04. The van der Waals surface area contributed by atoms with Gasteiger partial charge in [0.2, 0.25) is 0 Å². The summed E-state index contributed by atoms with van der Waals surface area (Å²) in [5.41, 5.74) is 7.09. The van der Waals surface area contributed by atoms with Crippen molar-refractivity contribution in [2.75, 3.05) is 0 Å². The van der Waals surface area contributed by atoms with Gasteiger partial charge in [0.1, 0.15) is 0 Å². The Bertz CT molecular complexity index is 275. The molecular weight excluding hydrogens is 329 g/mol. The monoisotopic (exact) mass is 339 g/mol. The van der Waals surface area contributed by atoms with Gasteiger partial charge < -0.3 is 5.73 Å². The molecule has 3 heteroatoms. The van der Waals surface area contributed by atoms with Gasteiger partial charge >= 0.3 is 0 Å². The fourth-order valence-corrected chi connectivity index (χ4v) is 1.71. The molecule has 12 heavy (non-hydrogen) atoms. The second kappa shape index (κ2) is 4.58. The highest BCUT2D eigenvalue weighted by molar-refractivity contribution is 14.1. The first-order valence-corrected chi connectivity index (χ1v) is 5.73. The van der Waals surface area contributed by atoms with Crippen LogP contribution in [0.15, 0.2) is 22.7 Å². The van der Waals surface area contributed by atoms with Crippen LogP contribution in [0.5, 0.6) is 0 Å². The van der Waals surface area contributed by atoms with Crippen molar-refractivity contribution in [1.82, 2.24) is 0 Å². The fraction of sp³-hybridized carbons (Fsp3) is 0.333. The van der Waals surface area contributed by atoms with E-state index in [1.165, 1.54) is 9.13 Å². The van der Waals surface area contributed by atoms with Gasteiger partial charge in [-0.3, -0.25) is 0 Å². The Balaban J connectivity index is 2.96. The Morgan fingerprint density at radius 1 is 1.58 bits per heavy atom. The lowest BCUT2D eigenvalue weighted by Crippen LogP contribution is -2.08. The van der Waals surface area contributed by atoms with Gasteiger partial charge in [-0.2, -0.15) is 0 Å². The summed E-state index contributed by atoms with van der Waals surface area (Å²) in [5.74, 6) is 0. The van der Waals surface area contributed by atoms with Crippen LogP contribution in [0.1, 0.15) is 24.9 Å². The molecule has 0 amide bonds. The maximum atomic E-state index is 5.89. The summed E-state index contributed by atoms with van der Waals surface area (Å²) < 4.78 is 2.35. The molecule has 0 saturated heterocycles. The average Bonchev–Trinajstić information content (AvgIpc) is 2.08. The molecule has 1 nitrogen and oxygen atoms in total. The van der Waals surface area contributed by atoms with Crippen LogP contribution in [0, 0.1) is 3.57 Å². The second-order valence-corrected chi connectivity index (χ2v) is 4.70. The van der Waals surface area contributed by atoms with Crippen molar-refractivity contribution in [3.63, 3.8) is 0 Å². The fourth-order valence-electron chi connectivity index (χ4n) is 0.979. The number of nitrogens with two attached hydrogens (primary N) is 1. The first-order valence-electron chi connectivity index (χ1n) is 3.85. The minimum absolute atomic E-state index is 0.165. The molecule has 1 aromatic carbocycles. The third kappa shape index (κ3) is 2.44. The van der Waals surface area contributed by atoms with Crippen LogP contribution >= 0.6 is 38.5 Å². The van der Waals surface area contributed by atoms with E-state index >= 15 is 0 Å². The zero-order valence-electron chi connectivity index (χ0n) is 6.85. The van der Waals surface area contributed by atoms with Crippen LogP contribution in [0.2, 0.25) is 0 Å². The van der Waals surface area contributed by atoms with Crippen molar-refractivity contribution in [3.8, 4) is 0 Å². The topological polar surface area (TPSA) is 26.0 Å². The SMILES string of the molecule is CC[C@H](N)c1ccc(I)c(Br)c1. The second-order valence-electron chi connectivity index (χ2n) is 2.69. The van der Waals surface area contributed by atoms with E-state index in [-0.39, 0.29) is 6.04 Å². The number of benzene rings is 1. The summed E-state index contributed by atoms with van der Waals surface area (Å²) in [4.78, 5) is 0. The van der Waals surface area contributed by atoms with Gasteiger partial charge in [-0.15, -0.1) is 0 Å². The standard InChI is InChI=1S/C9H11BrIN/c1-2-9(12)6-3-4-8(11)7(10)5-6/h3-5,9H,2,12H2,1H3/t9-/m0/s1. The summed E-state index contributed by atoms with van der Waals surface area (Å²) in [6.45, 7) is 2.09. The van der Waals surface area contributed by atoms with Crippen LogP contribution in [0.4, 0.5) is 0 Å². The number of hydrogen-bond acceptors (Lipinski definition) is 1. The highest BCUT2D eigenvalue weighted by atomic mass is 127. The van der Waals surface area contributed by atoms with E-state index in [1.54, 1.807) is 0 Å². The van der Waals surface area contributed by atoms with E-state index < -0.39 is 0 Å². The van der Waals surface area contributed by atoms with Gasteiger partial charge in [-0.25, -0.2) is 0 Å². The molecule has 0 aromatic heterocycles. The molecule has 66 valence electrons. The molecular formula is C9H11BrIN. The maximum Gasteiger partial charge on any atom is 0.0312 e. The number of rotatable bonds is 2. The summed E-state index contributed by atoms with van der Waals surface area (Å²) in [6.07, 6.45) is 0.979. The van der Waals surface area contributed by atoms with Gasteiger partial charge in [-0.1, -0.05) is 13.0 Å². The molecule has 0 fully saturated rings. The number of hydrogen-bond donors (Lipinski definition) is 1. The van der Waals surface area contributed by atoms with Crippen molar-refractivity contribution in [1.29, 1.82) is 0 Å². The summed E-state index contributed by atoms with van der Waals surface area (Å²) in [5, 5.41) is 0. The van der Waals surface area contributed by atoms with Crippen LogP contribution in [-0.4, -0.2) is 0 Å². The van der Waals surface area contributed by atoms with E-state index in [1.807, 2.05) is 0 Å². The number of halogens is 2. The van der Waals surface area contributed by atoms with E-state index in [2.05, 4.69) is 63.6 Å². The molecule has 0 bridgehead atoms. The quantitative estimate of drug-likeness (QED) is 0.820. The molecule has 0 spiro atoms. The molecule has 0 unspecified atom stereocenters. The average molecular weight is 340 g/mol. The predicted molar refractivity (Wildman–Crippen MR) is 64.1 cm³/mol. The maximum absolute atomic E-state index is 5.89. The largest absolute Gasteiger partial charge is 0.324 e. The lowest BCUT2D eigenvalue weighted by atomic mass is 10.1. The first kappa shape index (κ1) is 10.5. The van der Waals surface area contributed by atoms with Crippen molar-refractivity contribution in [3.05, 3.63) is 31.8 Å². The van der Waals surface area contributed by atoms with E-state index in [4.69, 9.17) is 5.73 Å². The summed E-state index contributed by atoms with van der Waals surface area (Å²) >= 11 is 5.77. The van der Waals surface area contributed by atoms with Crippen LogP contribution < -0.4 is 5.73 Å².